The van der Waals surface area contributed by atoms with Crippen LogP contribution in [0.2, 0.25) is 0 Å². The molecule has 1 aromatic rings. The summed E-state index contributed by atoms with van der Waals surface area (Å²) in [6.45, 7) is 0. The van der Waals surface area contributed by atoms with Crippen molar-refractivity contribution in [3.8, 4) is 11.8 Å². The van der Waals surface area contributed by atoms with Crippen molar-refractivity contribution in [3.63, 3.8) is 0 Å². The van der Waals surface area contributed by atoms with E-state index in [1.54, 1.807) is 18.2 Å². The molecule has 0 heterocycles. The molecule has 0 radical (unpaired) electrons. The molecule has 0 bridgehead atoms. The molecular formula is C9H7N3S. The summed E-state index contributed by atoms with van der Waals surface area (Å²) >= 11 is 3.96. The fourth-order valence-corrected chi connectivity index (χ4v) is 0.918. The van der Waals surface area contributed by atoms with E-state index in [2.05, 4.69) is 34.5 Å². The molecule has 13 heavy (non-hydrogen) atoms. The molecule has 0 saturated heterocycles. The van der Waals surface area contributed by atoms with Crippen LogP contribution in [0.1, 0.15) is 5.56 Å². The van der Waals surface area contributed by atoms with Gasteiger partial charge in [-0.25, -0.2) is 0 Å². The third kappa shape index (κ3) is 3.12. The predicted octanol–water partition coefficient (Wildman–Crippen LogP) is 2.91. The number of hydrogen-bond donors (Lipinski definition) is 1. The minimum Gasteiger partial charge on any atom is -0.166 e. The summed E-state index contributed by atoms with van der Waals surface area (Å²) in [4.78, 5) is 2.69. The summed E-state index contributed by atoms with van der Waals surface area (Å²) in [6.07, 6.45) is 0. The molecule has 1 aromatic carbocycles. The van der Waals surface area contributed by atoms with Crippen molar-refractivity contribution in [2.75, 3.05) is 5.75 Å². The van der Waals surface area contributed by atoms with Crippen molar-refractivity contribution in [2.24, 2.45) is 5.11 Å². The standard InChI is InChI=1S/C9H7N3S/c10-12-11-9-5-1-3-8(7-9)4-2-6-13/h1,3,5,7,13H,6H2. The SMILES string of the molecule is [N-]=[N+]=Nc1cccc(C#CCS)c1. The Morgan fingerprint density at radius 2 is 2.38 bits per heavy atom. The van der Waals surface area contributed by atoms with E-state index in [1.165, 1.54) is 0 Å². The zero-order valence-electron chi connectivity index (χ0n) is 6.81. The number of thiol groups is 1. The van der Waals surface area contributed by atoms with E-state index in [-0.39, 0.29) is 0 Å². The lowest BCUT2D eigenvalue weighted by atomic mass is 10.2. The van der Waals surface area contributed by atoms with Gasteiger partial charge < -0.3 is 0 Å². The lowest BCUT2D eigenvalue weighted by molar-refractivity contribution is 1.46. The lowest BCUT2D eigenvalue weighted by Crippen LogP contribution is -1.72. The van der Waals surface area contributed by atoms with Crippen LogP contribution < -0.4 is 0 Å². The highest BCUT2D eigenvalue weighted by atomic mass is 32.1. The number of benzene rings is 1. The second kappa shape index (κ2) is 5.15. The average molecular weight is 189 g/mol. The molecule has 0 N–H and O–H groups in total. The van der Waals surface area contributed by atoms with Gasteiger partial charge in [0, 0.05) is 16.2 Å². The Morgan fingerprint density at radius 3 is 3.08 bits per heavy atom. The second-order valence-corrected chi connectivity index (χ2v) is 2.52. The Hall–Kier alpha value is -1.56. The molecule has 0 aromatic heterocycles. The highest BCUT2D eigenvalue weighted by Gasteiger charge is 1.88. The molecule has 0 atom stereocenters. The van der Waals surface area contributed by atoms with Gasteiger partial charge in [-0.1, -0.05) is 29.1 Å². The molecule has 0 spiro atoms. The first kappa shape index (κ1) is 9.53. The fraction of sp³-hybridized carbons (Fsp3) is 0.111. The van der Waals surface area contributed by atoms with Crippen LogP contribution in [-0.4, -0.2) is 5.75 Å². The van der Waals surface area contributed by atoms with Gasteiger partial charge in [-0.15, -0.1) is 0 Å². The second-order valence-electron chi connectivity index (χ2n) is 2.20. The van der Waals surface area contributed by atoms with Crippen LogP contribution in [0.5, 0.6) is 0 Å². The Labute approximate surface area is 81.8 Å². The highest BCUT2D eigenvalue weighted by molar-refractivity contribution is 7.80. The van der Waals surface area contributed by atoms with Crippen molar-refractivity contribution < 1.29 is 0 Å². The summed E-state index contributed by atoms with van der Waals surface area (Å²) in [5.74, 6) is 6.22. The number of nitrogens with zero attached hydrogens (tertiary/aromatic N) is 3. The molecule has 4 heteroatoms. The third-order valence-electron chi connectivity index (χ3n) is 1.32. The van der Waals surface area contributed by atoms with E-state index in [0.717, 1.165) is 5.56 Å². The van der Waals surface area contributed by atoms with Gasteiger partial charge in [0.05, 0.1) is 5.75 Å². The van der Waals surface area contributed by atoms with Crippen molar-refractivity contribution >= 4 is 18.3 Å². The van der Waals surface area contributed by atoms with Crippen LogP contribution in [0.3, 0.4) is 0 Å². The van der Waals surface area contributed by atoms with E-state index in [9.17, 15) is 0 Å². The van der Waals surface area contributed by atoms with Crippen LogP contribution in [0, 0.1) is 11.8 Å². The molecule has 0 unspecified atom stereocenters. The fourth-order valence-electron chi connectivity index (χ4n) is 0.839. The Kier molecular flexibility index (Phi) is 3.77. The van der Waals surface area contributed by atoms with Crippen LogP contribution in [0.15, 0.2) is 29.4 Å². The molecular weight excluding hydrogens is 182 g/mol. The molecule has 1 rings (SSSR count). The van der Waals surface area contributed by atoms with Crippen LogP contribution in [0.4, 0.5) is 5.69 Å². The van der Waals surface area contributed by atoms with Gasteiger partial charge in [-0.05, 0) is 17.7 Å². The maximum Gasteiger partial charge on any atom is 0.0521 e. The highest BCUT2D eigenvalue weighted by Crippen LogP contribution is 2.13. The van der Waals surface area contributed by atoms with Crippen molar-refractivity contribution in [1.29, 1.82) is 0 Å². The van der Waals surface area contributed by atoms with Gasteiger partial charge >= 0.3 is 0 Å². The minimum absolute atomic E-state index is 0.520. The maximum atomic E-state index is 8.20. The summed E-state index contributed by atoms with van der Waals surface area (Å²) in [5.41, 5.74) is 9.61. The van der Waals surface area contributed by atoms with Gasteiger partial charge in [0.2, 0.25) is 0 Å². The monoisotopic (exact) mass is 189 g/mol. The number of azide groups is 1. The predicted molar refractivity (Wildman–Crippen MR) is 56.0 cm³/mol. The maximum absolute atomic E-state index is 8.20. The van der Waals surface area contributed by atoms with Crippen LogP contribution in [0.25, 0.3) is 10.4 Å². The molecule has 0 aliphatic rings. The zero-order chi connectivity index (χ0) is 9.52. The zero-order valence-corrected chi connectivity index (χ0v) is 7.70. The molecule has 3 nitrogen and oxygen atoms in total. The van der Waals surface area contributed by atoms with Crippen molar-refractivity contribution in [1.82, 2.24) is 0 Å². The Morgan fingerprint density at radius 1 is 1.54 bits per heavy atom. The van der Waals surface area contributed by atoms with Gasteiger partial charge in [0.15, 0.2) is 0 Å². The van der Waals surface area contributed by atoms with Crippen LogP contribution >= 0.6 is 12.6 Å². The number of hydrogen-bond acceptors (Lipinski definition) is 2. The third-order valence-corrected chi connectivity index (χ3v) is 1.48. The average Bonchev–Trinajstić information content (AvgIpc) is 2.16. The van der Waals surface area contributed by atoms with Crippen molar-refractivity contribution in [2.45, 2.75) is 0 Å². The number of rotatable bonds is 1. The molecule has 0 aliphatic carbocycles. The normalized spacial score (nSPS) is 8.08. The first-order valence-corrected chi connectivity index (χ1v) is 4.25. The van der Waals surface area contributed by atoms with Gasteiger partial charge in [-0.2, -0.15) is 12.6 Å². The molecule has 0 aliphatic heterocycles. The van der Waals surface area contributed by atoms with Gasteiger partial charge in [-0.3, -0.25) is 0 Å². The van der Waals surface area contributed by atoms with E-state index in [0.29, 0.717) is 11.4 Å². The Bertz CT molecular complexity index is 397. The Balaban J connectivity index is 2.98. The van der Waals surface area contributed by atoms with E-state index in [4.69, 9.17) is 5.53 Å². The van der Waals surface area contributed by atoms with Gasteiger partial charge in [0.25, 0.3) is 0 Å². The van der Waals surface area contributed by atoms with E-state index >= 15 is 0 Å². The molecule has 64 valence electrons. The summed E-state index contributed by atoms with van der Waals surface area (Å²) in [7, 11) is 0. The van der Waals surface area contributed by atoms with Gasteiger partial charge in [0.1, 0.15) is 0 Å². The smallest absolute Gasteiger partial charge is 0.0521 e. The van der Waals surface area contributed by atoms with E-state index < -0.39 is 0 Å². The quantitative estimate of drug-likeness (QED) is 0.232. The lowest BCUT2D eigenvalue weighted by Gasteiger charge is -1.91. The van der Waals surface area contributed by atoms with E-state index in [1.807, 2.05) is 6.07 Å². The topological polar surface area (TPSA) is 48.8 Å². The summed E-state index contributed by atoms with van der Waals surface area (Å²) in [6, 6.07) is 7.11. The summed E-state index contributed by atoms with van der Waals surface area (Å²) < 4.78 is 0. The molecule has 0 saturated carbocycles. The molecule has 0 amide bonds. The molecule has 0 fully saturated rings. The largest absolute Gasteiger partial charge is 0.166 e. The summed E-state index contributed by atoms with van der Waals surface area (Å²) in [5, 5.41) is 3.47. The minimum atomic E-state index is 0.520. The van der Waals surface area contributed by atoms with Crippen LogP contribution in [-0.2, 0) is 0 Å². The first-order chi connectivity index (χ1) is 6.36. The van der Waals surface area contributed by atoms with Crippen molar-refractivity contribution in [3.05, 3.63) is 40.3 Å². The first-order valence-electron chi connectivity index (χ1n) is 3.61.